The topological polar surface area (TPSA) is 38.8 Å². The molecule has 23 heavy (non-hydrogen) atoms. The molecule has 4 fully saturated rings. The Morgan fingerprint density at radius 3 is 2.83 bits per heavy atom. The number of halogens is 1. The van der Waals surface area contributed by atoms with Crippen molar-refractivity contribution >= 4 is 5.91 Å². The zero-order chi connectivity index (χ0) is 15.9. The Kier molecular flexibility index (Phi) is 4.35. The maximum Gasteiger partial charge on any atom is 0.226 e. The third-order valence-corrected chi connectivity index (χ3v) is 6.22. The van der Waals surface area contributed by atoms with E-state index in [1.54, 1.807) is 0 Å². The molecule has 0 bridgehead atoms. The molecule has 0 aromatic heterocycles. The summed E-state index contributed by atoms with van der Waals surface area (Å²) >= 11 is 0. The van der Waals surface area contributed by atoms with Crippen LogP contribution in [0.15, 0.2) is 0 Å². The van der Waals surface area contributed by atoms with E-state index in [1.807, 2.05) is 4.90 Å². The first-order chi connectivity index (χ1) is 11.2. The first-order valence-corrected chi connectivity index (χ1v) is 9.31. The lowest BCUT2D eigenvalue weighted by Crippen LogP contribution is -2.58. The number of alkyl halides is 1. The van der Waals surface area contributed by atoms with Crippen molar-refractivity contribution in [3.05, 3.63) is 0 Å². The van der Waals surface area contributed by atoms with E-state index in [2.05, 4.69) is 0 Å². The van der Waals surface area contributed by atoms with Gasteiger partial charge in [0.15, 0.2) is 0 Å². The Balaban J connectivity index is 1.35. The second kappa shape index (κ2) is 6.32. The maximum atomic E-state index is 13.0. The second-order valence-corrected chi connectivity index (χ2v) is 8.01. The molecule has 0 aromatic rings. The molecule has 0 aromatic carbocycles. The van der Waals surface area contributed by atoms with Gasteiger partial charge in [0.2, 0.25) is 5.91 Å². The third kappa shape index (κ3) is 3.27. The van der Waals surface area contributed by atoms with Gasteiger partial charge in [-0.15, -0.1) is 0 Å². The van der Waals surface area contributed by atoms with E-state index in [1.165, 1.54) is 12.8 Å². The lowest BCUT2D eigenvalue weighted by molar-refractivity contribution is -0.168. The van der Waals surface area contributed by atoms with E-state index in [9.17, 15) is 9.18 Å². The van der Waals surface area contributed by atoms with Gasteiger partial charge in [-0.25, -0.2) is 4.39 Å². The van der Waals surface area contributed by atoms with E-state index < -0.39 is 6.17 Å². The summed E-state index contributed by atoms with van der Waals surface area (Å²) in [7, 11) is 0. The van der Waals surface area contributed by atoms with Crippen molar-refractivity contribution in [3.63, 3.8) is 0 Å². The number of nitrogens with zero attached hydrogens (tertiary/aromatic N) is 1. The standard InChI is InChI=1S/C18H28FNO3/c19-16-8-14(9-16)17(21)20-6-7-23-18(12-20)5-1-2-15(18)11-22-10-13-3-4-13/h13-16H,1-12H2/t14?,15-,16?,18+/m0/s1. The molecule has 0 N–H and O–H groups in total. The molecule has 5 heteroatoms. The van der Waals surface area contributed by atoms with Crippen molar-refractivity contribution in [3.8, 4) is 0 Å². The summed E-state index contributed by atoms with van der Waals surface area (Å²) in [6, 6.07) is 0. The first-order valence-electron chi connectivity index (χ1n) is 9.31. The normalized spacial score (nSPS) is 40.4. The van der Waals surface area contributed by atoms with Crippen molar-refractivity contribution in [2.75, 3.05) is 32.9 Å². The molecule has 1 spiro atoms. The minimum Gasteiger partial charge on any atom is -0.381 e. The largest absolute Gasteiger partial charge is 0.381 e. The zero-order valence-electron chi connectivity index (χ0n) is 13.8. The van der Waals surface area contributed by atoms with E-state index in [0.717, 1.165) is 38.4 Å². The molecule has 4 nitrogen and oxygen atoms in total. The van der Waals surface area contributed by atoms with Crippen LogP contribution in [-0.4, -0.2) is 55.5 Å². The summed E-state index contributed by atoms with van der Waals surface area (Å²) in [4.78, 5) is 14.5. The van der Waals surface area contributed by atoms with Crippen LogP contribution < -0.4 is 0 Å². The van der Waals surface area contributed by atoms with Gasteiger partial charge in [-0.1, -0.05) is 6.42 Å². The highest BCUT2D eigenvalue weighted by atomic mass is 19.1. The number of hydrogen-bond donors (Lipinski definition) is 0. The van der Waals surface area contributed by atoms with Crippen molar-refractivity contribution in [2.45, 2.75) is 56.7 Å². The summed E-state index contributed by atoms with van der Waals surface area (Å²) in [5, 5.41) is 0. The molecule has 1 amide bonds. The summed E-state index contributed by atoms with van der Waals surface area (Å²) in [6.07, 6.45) is 5.97. The molecule has 4 aliphatic rings. The second-order valence-electron chi connectivity index (χ2n) is 8.01. The van der Waals surface area contributed by atoms with Gasteiger partial charge >= 0.3 is 0 Å². The Labute approximate surface area is 137 Å². The van der Waals surface area contributed by atoms with Crippen LogP contribution in [-0.2, 0) is 14.3 Å². The maximum absolute atomic E-state index is 13.0. The molecule has 130 valence electrons. The summed E-state index contributed by atoms with van der Waals surface area (Å²) in [6.45, 7) is 3.58. The van der Waals surface area contributed by atoms with Gasteiger partial charge in [0.05, 0.1) is 25.4 Å². The van der Waals surface area contributed by atoms with Crippen LogP contribution in [0.3, 0.4) is 0 Å². The lowest BCUT2D eigenvalue weighted by Gasteiger charge is -2.45. The van der Waals surface area contributed by atoms with Crippen LogP contribution in [0.5, 0.6) is 0 Å². The average Bonchev–Trinajstić information content (AvgIpc) is 3.27. The van der Waals surface area contributed by atoms with Gasteiger partial charge in [0.1, 0.15) is 6.17 Å². The highest BCUT2D eigenvalue weighted by Gasteiger charge is 2.49. The summed E-state index contributed by atoms with van der Waals surface area (Å²) in [5.74, 6) is 1.23. The van der Waals surface area contributed by atoms with Crippen LogP contribution >= 0.6 is 0 Å². The molecular formula is C18H28FNO3. The van der Waals surface area contributed by atoms with Gasteiger partial charge in [-0.2, -0.15) is 0 Å². The number of ether oxygens (including phenoxy) is 2. The fourth-order valence-corrected chi connectivity index (χ4v) is 4.41. The predicted octanol–water partition coefficient (Wildman–Crippen LogP) is 2.56. The summed E-state index contributed by atoms with van der Waals surface area (Å²) in [5.41, 5.74) is -0.212. The highest BCUT2D eigenvalue weighted by Crippen LogP contribution is 2.42. The van der Waals surface area contributed by atoms with Crippen molar-refractivity contribution in [1.29, 1.82) is 0 Å². The van der Waals surface area contributed by atoms with E-state index in [0.29, 0.717) is 38.5 Å². The van der Waals surface area contributed by atoms with Crippen LogP contribution in [0, 0.1) is 17.8 Å². The fourth-order valence-electron chi connectivity index (χ4n) is 4.41. The Hall–Kier alpha value is -0.680. The molecule has 2 atom stereocenters. The highest BCUT2D eigenvalue weighted by molar-refractivity contribution is 5.80. The lowest BCUT2D eigenvalue weighted by atomic mass is 9.81. The molecule has 3 aliphatic carbocycles. The van der Waals surface area contributed by atoms with E-state index >= 15 is 0 Å². The molecule has 1 heterocycles. The molecule has 0 unspecified atom stereocenters. The average molecular weight is 325 g/mol. The van der Waals surface area contributed by atoms with E-state index in [4.69, 9.17) is 9.47 Å². The van der Waals surface area contributed by atoms with Gasteiger partial charge in [0, 0.05) is 25.0 Å². The van der Waals surface area contributed by atoms with Crippen LogP contribution in [0.4, 0.5) is 4.39 Å². The van der Waals surface area contributed by atoms with Crippen LogP contribution in [0.2, 0.25) is 0 Å². The third-order valence-electron chi connectivity index (χ3n) is 6.22. The molecular weight excluding hydrogens is 297 g/mol. The van der Waals surface area contributed by atoms with Gasteiger partial charge < -0.3 is 14.4 Å². The molecule has 0 radical (unpaired) electrons. The zero-order valence-corrected chi connectivity index (χ0v) is 13.8. The number of carbonyl (C=O) groups excluding carboxylic acids is 1. The number of hydrogen-bond acceptors (Lipinski definition) is 3. The van der Waals surface area contributed by atoms with Gasteiger partial charge in [-0.3, -0.25) is 4.79 Å². The summed E-state index contributed by atoms with van der Waals surface area (Å²) < 4.78 is 25.2. The quantitative estimate of drug-likeness (QED) is 0.780. The monoisotopic (exact) mass is 325 g/mol. The fraction of sp³-hybridized carbons (Fsp3) is 0.944. The SMILES string of the molecule is O=C(C1CC(F)C1)N1CCO[C@]2(CCC[C@H]2COCC2CC2)C1. The molecule has 1 aliphatic heterocycles. The number of amides is 1. The minimum atomic E-state index is -0.769. The first kappa shape index (κ1) is 15.8. The van der Waals surface area contributed by atoms with Crippen LogP contribution in [0.25, 0.3) is 0 Å². The number of morpholine rings is 1. The van der Waals surface area contributed by atoms with Crippen LogP contribution in [0.1, 0.15) is 44.9 Å². The predicted molar refractivity (Wildman–Crippen MR) is 83.8 cm³/mol. The molecule has 4 rings (SSSR count). The van der Waals surface area contributed by atoms with Crippen molar-refractivity contribution in [1.82, 2.24) is 4.90 Å². The Morgan fingerprint density at radius 1 is 1.26 bits per heavy atom. The smallest absolute Gasteiger partial charge is 0.226 e. The Bertz CT molecular complexity index is 450. The Morgan fingerprint density at radius 2 is 2.09 bits per heavy atom. The number of rotatable bonds is 5. The van der Waals surface area contributed by atoms with E-state index in [-0.39, 0.29) is 17.4 Å². The molecule has 1 saturated heterocycles. The number of carbonyl (C=O) groups is 1. The minimum absolute atomic E-state index is 0.0916. The van der Waals surface area contributed by atoms with Crippen molar-refractivity contribution in [2.24, 2.45) is 17.8 Å². The van der Waals surface area contributed by atoms with Crippen molar-refractivity contribution < 1.29 is 18.7 Å². The molecule has 3 saturated carbocycles. The van der Waals surface area contributed by atoms with Gasteiger partial charge in [0.25, 0.3) is 0 Å². The van der Waals surface area contributed by atoms with Gasteiger partial charge in [-0.05, 0) is 44.4 Å².